The van der Waals surface area contributed by atoms with Gasteiger partial charge in [0.1, 0.15) is 0 Å². The van der Waals surface area contributed by atoms with E-state index in [1.807, 2.05) is 16.4 Å². The lowest BCUT2D eigenvalue weighted by Gasteiger charge is -2.39. The van der Waals surface area contributed by atoms with Gasteiger partial charge in [-0.25, -0.2) is 8.42 Å². The fourth-order valence-electron chi connectivity index (χ4n) is 5.21. The Balaban J connectivity index is 1.47. The maximum Gasteiger partial charge on any atom is 0.243 e. The van der Waals surface area contributed by atoms with Crippen LogP contribution in [0.4, 0.5) is 0 Å². The number of carbonyl (C=O) groups is 1. The Morgan fingerprint density at radius 3 is 2.20 bits per heavy atom. The van der Waals surface area contributed by atoms with Gasteiger partial charge in [-0.15, -0.1) is 10.2 Å². The van der Waals surface area contributed by atoms with Crippen molar-refractivity contribution < 1.29 is 13.2 Å². The molecule has 2 atom stereocenters. The Morgan fingerprint density at radius 1 is 0.971 bits per heavy atom. The summed E-state index contributed by atoms with van der Waals surface area (Å²) in [5, 5.41) is 9.43. The maximum atomic E-state index is 13.1. The fraction of sp³-hybridized carbons (Fsp3) is 0.640. The van der Waals surface area contributed by atoms with Crippen LogP contribution < -0.4 is 0 Å². The normalized spacial score (nSPS) is 22.2. The monoisotopic (exact) mass is 519 g/mol. The van der Waals surface area contributed by atoms with Gasteiger partial charge in [0.2, 0.25) is 15.9 Å². The Kier molecular flexibility index (Phi) is 8.54. The van der Waals surface area contributed by atoms with E-state index >= 15 is 0 Å². The molecule has 1 amide bonds. The standard InChI is InChI=1S/C25H37N5O3S2/c1-4-29-24(26-27-25(29)34-18-23(31)30-19(2)10-9-11-20(30)3)21-12-14-22(15-13-21)35(32,33)28-16-7-5-6-8-17-28/h12-15,19-20H,4-11,16-18H2,1-3H3/t19-,20+. The summed E-state index contributed by atoms with van der Waals surface area (Å²) >= 11 is 1.42. The molecule has 2 aromatic rings. The van der Waals surface area contributed by atoms with Crippen molar-refractivity contribution in [2.24, 2.45) is 0 Å². The zero-order valence-electron chi connectivity index (χ0n) is 21.0. The predicted molar refractivity (Wildman–Crippen MR) is 139 cm³/mol. The van der Waals surface area contributed by atoms with Crippen molar-refractivity contribution in [2.75, 3.05) is 18.8 Å². The minimum Gasteiger partial charge on any atom is -0.337 e. The molecule has 1 aromatic heterocycles. The lowest BCUT2D eigenvalue weighted by Crippen LogP contribution is -2.48. The summed E-state index contributed by atoms with van der Waals surface area (Å²) < 4.78 is 29.8. The highest BCUT2D eigenvalue weighted by atomic mass is 32.2. The van der Waals surface area contributed by atoms with Crippen LogP contribution in [0.3, 0.4) is 0 Å². The van der Waals surface area contributed by atoms with E-state index in [2.05, 4.69) is 24.0 Å². The molecule has 4 rings (SSSR count). The quantitative estimate of drug-likeness (QED) is 0.504. The second-order valence-electron chi connectivity index (χ2n) is 9.61. The number of thioether (sulfide) groups is 1. The Bertz CT molecular complexity index is 1100. The van der Waals surface area contributed by atoms with E-state index in [4.69, 9.17) is 0 Å². The molecule has 0 bridgehead atoms. The minimum atomic E-state index is -3.49. The Morgan fingerprint density at radius 2 is 1.60 bits per heavy atom. The lowest BCUT2D eigenvalue weighted by atomic mass is 9.98. The third kappa shape index (κ3) is 5.75. The third-order valence-electron chi connectivity index (χ3n) is 7.15. The fourth-order valence-corrected chi connectivity index (χ4v) is 7.60. The molecular formula is C25H37N5O3S2. The van der Waals surface area contributed by atoms with Gasteiger partial charge in [-0.3, -0.25) is 4.79 Å². The molecule has 2 saturated heterocycles. The average Bonchev–Trinajstić information content (AvgIpc) is 3.05. The van der Waals surface area contributed by atoms with Crippen molar-refractivity contribution >= 4 is 27.7 Å². The van der Waals surface area contributed by atoms with Crippen LogP contribution in [0.25, 0.3) is 11.4 Å². The first-order valence-corrected chi connectivity index (χ1v) is 15.2. The number of piperidine rings is 1. The largest absolute Gasteiger partial charge is 0.337 e. The van der Waals surface area contributed by atoms with E-state index < -0.39 is 10.0 Å². The highest BCUT2D eigenvalue weighted by molar-refractivity contribution is 7.99. The van der Waals surface area contributed by atoms with Crippen LogP contribution in [0.5, 0.6) is 0 Å². The van der Waals surface area contributed by atoms with Crippen LogP contribution in [0, 0.1) is 0 Å². The van der Waals surface area contributed by atoms with Gasteiger partial charge >= 0.3 is 0 Å². The molecule has 0 spiro atoms. The number of hydrogen-bond acceptors (Lipinski definition) is 6. The van der Waals surface area contributed by atoms with Crippen LogP contribution in [0.2, 0.25) is 0 Å². The molecule has 2 aliphatic heterocycles. The number of aromatic nitrogens is 3. The number of rotatable bonds is 7. The second kappa shape index (κ2) is 11.4. The molecule has 0 radical (unpaired) electrons. The van der Waals surface area contributed by atoms with Crippen LogP contribution in [-0.4, -0.2) is 69.2 Å². The average molecular weight is 520 g/mol. The van der Waals surface area contributed by atoms with Gasteiger partial charge in [-0.2, -0.15) is 4.31 Å². The second-order valence-corrected chi connectivity index (χ2v) is 12.5. The van der Waals surface area contributed by atoms with E-state index in [9.17, 15) is 13.2 Å². The molecule has 10 heteroatoms. The van der Waals surface area contributed by atoms with E-state index in [0.717, 1.165) is 44.1 Å². The molecule has 2 aliphatic rings. The van der Waals surface area contributed by atoms with Crippen LogP contribution in [0.15, 0.2) is 34.3 Å². The third-order valence-corrected chi connectivity index (χ3v) is 10.0. The number of likely N-dealkylation sites (tertiary alicyclic amines) is 1. The molecule has 0 aliphatic carbocycles. The molecule has 35 heavy (non-hydrogen) atoms. The van der Waals surface area contributed by atoms with Crippen LogP contribution in [-0.2, 0) is 21.4 Å². The summed E-state index contributed by atoms with van der Waals surface area (Å²) in [6.45, 7) is 8.10. The number of carbonyl (C=O) groups excluding carboxylic acids is 1. The van der Waals surface area contributed by atoms with Crippen molar-refractivity contribution in [1.29, 1.82) is 0 Å². The summed E-state index contributed by atoms with van der Waals surface area (Å²) in [5.74, 6) is 1.16. The molecule has 8 nitrogen and oxygen atoms in total. The molecule has 0 unspecified atom stereocenters. The van der Waals surface area contributed by atoms with Crippen molar-refractivity contribution in [3.8, 4) is 11.4 Å². The van der Waals surface area contributed by atoms with Crippen molar-refractivity contribution in [2.45, 2.75) is 94.4 Å². The summed E-state index contributed by atoms with van der Waals surface area (Å²) in [7, 11) is -3.49. The number of benzene rings is 1. The highest BCUT2D eigenvalue weighted by Crippen LogP contribution is 2.28. The first-order valence-electron chi connectivity index (χ1n) is 12.8. The first kappa shape index (κ1) is 26.2. The summed E-state index contributed by atoms with van der Waals surface area (Å²) in [4.78, 5) is 15.3. The predicted octanol–water partition coefficient (Wildman–Crippen LogP) is 4.41. The topological polar surface area (TPSA) is 88.4 Å². The van der Waals surface area contributed by atoms with Gasteiger partial charge < -0.3 is 9.47 Å². The number of amides is 1. The summed E-state index contributed by atoms with van der Waals surface area (Å²) in [6, 6.07) is 7.49. The minimum absolute atomic E-state index is 0.143. The molecule has 1 aromatic carbocycles. The van der Waals surface area contributed by atoms with Gasteiger partial charge in [0.15, 0.2) is 11.0 Å². The van der Waals surface area contributed by atoms with Gasteiger partial charge in [0.05, 0.1) is 10.6 Å². The van der Waals surface area contributed by atoms with Gasteiger partial charge in [0, 0.05) is 37.3 Å². The maximum absolute atomic E-state index is 13.1. The zero-order valence-corrected chi connectivity index (χ0v) is 22.7. The first-order chi connectivity index (χ1) is 16.8. The van der Waals surface area contributed by atoms with E-state index in [-0.39, 0.29) is 18.0 Å². The van der Waals surface area contributed by atoms with Crippen LogP contribution >= 0.6 is 11.8 Å². The smallest absolute Gasteiger partial charge is 0.243 e. The number of nitrogens with zero attached hydrogens (tertiary/aromatic N) is 5. The lowest BCUT2D eigenvalue weighted by molar-refractivity contribution is -0.134. The molecule has 0 N–H and O–H groups in total. The molecule has 192 valence electrons. The Labute approximate surface area is 213 Å². The Hall–Kier alpha value is -1.91. The van der Waals surface area contributed by atoms with Crippen LogP contribution in [0.1, 0.15) is 65.7 Å². The molecule has 2 fully saturated rings. The van der Waals surface area contributed by atoms with Crippen molar-refractivity contribution in [3.63, 3.8) is 0 Å². The molecular weight excluding hydrogens is 482 g/mol. The molecule has 0 saturated carbocycles. The number of hydrogen-bond donors (Lipinski definition) is 0. The summed E-state index contributed by atoms with van der Waals surface area (Å²) in [5.41, 5.74) is 0.811. The van der Waals surface area contributed by atoms with E-state index in [0.29, 0.717) is 41.3 Å². The zero-order chi connectivity index (χ0) is 25.0. The van der Waals surface area contributed by atoms with E-state index in [1.165, 1.54) is 18.2 Å². The van der Waals surface area contributed by atoms with Gasteiger partial charge in [0.25, 0.3) is 0 Å². The highest BCUT2D eigenvalue weighted by Gasteiger charge is 2.29. The van der Waals surface area contributed by atoms with Gasteiger partial charge in [-0.05, 0) is 77.1 Å². The number of sulfonamides is 1. The van der Waals surface area contributed by atoms with E-state index in [1.54, 1.807) is 28.6 Å². The van der Waals surface area contributed by atoms with Crippen molar-refractivity contribution in [3.05, 3.63) is 24.3 Å². The molecule has 3 heterocycles. The van der Waals surface area contributed by atoms with Gasteiger partial charge in [-0.1, -0.05) is 24.6 Å². The van der Waals surface area contributed by atoms with Crippen molar-refractivity contribution in [1.82, 2.24) is 24.0 Å². The summed E-state index contributed by atoms with van der Waals surface area (Å²) in [6.07, 6.45) is 7.27. The SMILES string of the molecule is CCn1c(SCC(=O)N2[C@H](C)CCC[C@@H]2C)nnc1-c1ccc(S(=O)(=O)N2CCCCCC2)cc1.